The highest BCUT2D eigenvalue weighted by molar-refractivity contribution is 7.11. The maximum atomic E-state index is 11.9. The molecule has 0 radical (unpaired) electrons. The van der Waals surface area contributed by atoms with Gasteiger partial charge in [-0.1, -0.05) is 6.92 Å². The van der Waals surface area contributed by atoms with E-state index in [4.69, 9.17) is 4.74 Å². The van der Waals surface area contributed by atoms with E-state index in [0.29, 0.717) is 13.2 Å². The van der Waals surface area contributed by atoms with E-state index in [1.807, 2.05) is 32.0 Å². The first-order valence-electron chi connectivity index (χ1n) is 7.28. The molecule has 2 aromatic rings. The number of aromatic nitrogens is 1. The number of hydrogen-bond donors (Lipinski definition) is 2. The Balaban J connectivity index is 1.88. The molecule has 0 saturated heterocycles. The van der Waals surface area contributed by atoms with Crippen molar-refractivity contribution < 1.29 is 9.53 Å². The van der Waals surface area contributed by atoms with Gasteiger partial charge in [0, 0.05) is 16.8 Å². The number of nitrogens with one attached hydrogen (secondary N) is 2. The Labute approximate surface area is 134 Å². The van der Waals surface area contributed by atoms with Gasteiger partial charge < -0.3 is 15.4 Å². The highest BCUT2D eigenvalue weighted by Crippen LogP contribution is 2.21. The van der Waals surface area contributed by atoms with E-state index in [0.717, 1.165) is 33.3 Å². The van der Waals surface area contributed by atoms with Gasteiger partial charge in [-0.25, -0.2) is 9.78 Å². The second kappa shape index (κ2) is 7.79. The summed E-state index contributed by atoms with van der Waals surface area (Å²) < 4.78 is 5.57. The first-order chi connectivity index (χ1) is 10.6. The topological polar surface area (TPSA) is 63.2 Å². The average Bonchev–Trinajstić information content (AvgIpc) is 2.91. The van der Waals surface area contributed by atoms with Crippen LogP contribution in [-0.4, -0.2) is 17.6 Å². The van der Waals surface area contributed by atoms with Crippen LogP contribution in [0.2, 0.25) is 0 Å². The van der Waals surface area contributed by atoms with Crippen LogP contribution in [0.3, 0.4) is 0 Å². The zero-order chi connectivity index (χ0) is 15.9. The smallest absolute Gasteiger partial charge is 0.319 e. The molecule has 0 saturated carbocycles. The van der Waals surface area contributed by atoms with Gasteiger partial charge in [0.1, 0.15) is 5.75 Å². The summed E-state index contributed by atoms with van der Waals surface area (Å²) in [5.74, 6) is 0.824. The van der Waals surface area contributed by atoms with Crippen LogP contribution < -0.4 is 15.4 Å². The minimum atomic E-state index is -0.226. The number of ether oxygens (including phenoxy) is 1. The van der Waals surface area contributed by atoms with Gasteiger partial charge in [0.2, 0.25) is 0 Å². The van der Waals surface area contributed by atoms with E-state index in [-0.39, 0.29) is 6.03 Å². The van der Waals surface area contributed by atoms with E-state index in [9.17, 15) is 4.79 Å². The lowest BCUT2D eigenvalue weighted by atomic mass is 10.2. The van der Waals surface area contributed by atoms with Crippen molar-refractivity contribution in [2.45, 2.75) is 33.7 Å². The Hall–Kier alpha value is -2.08. The van der Waals surface area contributed by atoms with E-state index in [1.54, 1.807) is 17.5 Å². The van der Waals surface area contributed by atoms with Crippen molar-refractivity contribution >= 4 is 23.1 Å². The largest absolute Gasteiger partial charge is 0.494 e. The molecule has 1 aromatic heterocycles. The molecule has 1 aromatic carbocycles. The highest BCUT2D eigenvalue weighted by Gasteiger charge is 2.06. The molecule has 5 nitrogen and oxygen atoms in total. The second-order valence-electron chi connectivity index (χ2n) is 4.98. The summed E-state index contributed by atoms with van der Waals surface area (Å²) in [5, 5.41) is 6.67. The Bertz CT molecular complexity index is 640. The van der Waals surface area contributed by atoms with E-state index < -0.39 is 0 Å². The molecule has 2 N–H and O–H groups in total. The normalized spacial score (nSPS) is 10.3. The van der Waals surface area contributed by atoms with Crippen LogP contribution in [-0.2, 0) is 6.54 Å². The van der Waals surface area contributed by atoms with Gasteiger partial charge >= 0.3 is 6.03 Å². The Kier molecular flexibility index (Phi) is 5.77. The molecule has 1 heterocycles. The molecule has 0 aliphatic carbocycles. The number of thiazole rings is 1. The van der Waals surface area contributed by atoms with Crippen LogP contribution in [0.5, 0.6) is 5.75 Å². The minimum Gasteiger partial charge on any atom is -0.494 e. The number of aryl methyl sites for hydroxylation is 2. The van der Waals surface area contributed by atoms with Crippen molar-refractivity contribution in [3.8, 4) is 5.75 Å². The zero-order valence-corrected chi connectivity index (χ0v) is 13.9. The van der Waals surface area contributed by atoms with Crippen LogP contribution in [0.1, 0.15) is 28.8 Å². The van der Waals surface area contributed by atoms with Crippen LogP contribution >= 0.6 is 11.3 Å². The Morgan fingerprint density at radius 3 is 2.82 bits per heavy atom. The van der Waals surface area contributed by atoms with Crippen molar-refractivity contribution in [1.82, 2.24) is 10.3 Å². The molecule has 0 aliphatic heterocycles. The third-order valence-electron chi connectivity index (χ3n) is 3.01. The summed E-state index contributed by atoms with van der Waals surface area (Å²) >= 11 is 1.58. The number of carbonyl (C=O) groups is 1. The fourth-order valence-corrected chi connectivity index (χ4v) is 2.64. The number of nitrogens with zero attached hydrogens (tertiary/aromatic N) is 1. The van der Waals surface area contributed by atoms with Crippen molar-refractivity contribution in [3.63, 3.8) is 0 Å². The van der Waals surface area contributed by atoms with Gasteiger partial charge in [-0.15, -0.1) is 11.3 Å². The summed E-state index contributed by atoms with van der Waals surface area (Å²) in [4.78, 5) is 17.1. The quantitative estimate of drug-likeness (QED) is 0.849. The molecule has 0 aliphatic rings. The Morgan fingerprint density at radius 1 is 1.36 bits per heavy atom. The van der Waals surface area contributed by atoms with Crippen LogP contribution in [0.15, 0.2) is 24.4 Å². The van der Waals surface area contributed by atoms with Gasteiger partial charge in [-0.2, -0.15) is 0 Å². The molecule has 0 unspecified atom stereocenters. The molecular weight excluding hydrogens is 298 g/mol. The SMILES string of the molecule is CCCOc1ccc(NC(=O)NCc2cnc(C)s2)c(C)c1. The van der Waals surface area contributed by atoms with Gasteiger partial charge in [0.25, 0.3) is 0 Å². The van der Waals surface area contributed by atoms with Gasteiger partial charge in [0.05, 0.1) is 18.2 Å². The van der Waals surface area contributed by atoms with E-state index in [1.165, 1.54) is 0 Å². The first kappa shape index (κ1) is 16.3. The van der Waals surface area contributed by atoms with E-state index in [2.05, 4.69) is 22.5 Å². The minimum absolute atomic E-state index is 0.226. The lowest BCUT2D eigenvalue weighted by Gasteiger charge is -2.11. The maximum absolute atomic E-state index is 11.9. The molecule has 2 amide bonds. The molecule has 0 atom stereocenters. The third-order valence-corrected chi connectivity index (χ3v) is 3.92. The Morgan fingerprint density at radius 2 is 2.18 bits per heavy atom. The van der Waals surface area contributed by atoms with Crippen molar-refractivity contribution in [2.24, 2.45) is 0 Å². The number of rotatable bonds is 6. The fourth-order valence-electron chi connectivity index (χ4n) is 1.91. The average molecular weight is 319 g/mol. The number of carbonyl (C=O) groups excluding carboxylic acids is 1. The molecule has 0 fully saturated rings. The first-order valence-corrected chi connectivity index (χ1v) is 8.09. The number of benzene rings is 1. The third kappa shape index (κ3) is 4.73. The summed E-state index contributed by atoms with van der Waals surface area (Å²) in [6.07, 6.45) is 2.75. The number of anilines is 1. The molecule has 22 heavy (non-hydrogen) atoms. The highest BCUT2D eigenvalue weighted by atomic mass is 32.1. The number of urea groups is 1. The molecule has 6 heteroatoms. The number of hydrogen-bond acceptors (Lipinski definition) is 4. The molecule has 118 valence electrons. The number of amides is 2. The summed E-state index contributed by atoms with van der Waals surface area (Å²) in [6.45, 7) is 7.13. The summed E-state index contributed by atoms with van der Waals surface area (Å²) in [5.41, 5.74) is 1.75. The lowest BCUT2D eigenvalue weighted by molar-refractivity contribution is 0.252. The zero-order valence-electron chi connectivity index (χ0n) is 13.1. The standard InChI is InChI=1S/C16H21N3O2S/c1-4-7-21-13-5-6-15(11(2)8-13)19-16(20)18-10-14-9-17-12(3)22-14/h5-6,8-9H,4,7,10H2,1-3H3,(H2,18,19,20). The predicted octanol–water partition coefficient (Wildman–Crippen LogP) is 3.87. The predicted molar refractivity (Wildman–Crippen MR) is 89.7 cm³/mol. The maximum Gasteiger partial charge on any atom is 0.319 e. The van der Waals surface area contributed by atoms with Crippen molar-refractivity contribution in [3.05, 3.63) is 39.8 Å². The molecule has 2 rings (SSSR count). The van der Waals surface area contributed by atoms with E-state index >= 15 is 0 Å². The van der Waals surface area contributed by atoms with Crippen LogP contribution in [0, 0.1) is 13.8 Å². The van der Waals surface area contributed by atoms with Crippen molar-refractivity contribution in [2.75, 3.05) is 11.9 Å². The van der Waals surface area contributed by atoms with Crippen molar-refractivity contribution in [1.29, 1.82) is 0 Å². The van der Waals surface area contributed by atoms with Gasteiger partial charge in [-0.05, 0) is 44.0 Å². The second-order valence-corrected chi connectivity index (χ2v) is 6.30. The summed E-state index contributed by atoms with van der Waals surface area (Å²) in [7, 11) is 0. The monoisotopic (exact) mass is 319 g/mol. The van der Waals surface area contributed by atoms with Crippen LogP contribution in [0.25, 0.3) is 0 Å². The molecular formula is C16H21N3O2S. The molecule has 0 bridgehead atoms. The van der Waals surface area contributed by atoms with Gasteiger partial charge in [0.15, 0.2) is 0 Å². The van der Waals surface area contributed by atoms with Gasteiger partial charge in [-0.3, -0.25) is 0 Å². The lowest BCUT2D eigenvalue weighted by Crippen LogP contribution is -2.28. The summed E-state index contributed by atoms with van der Waals surface area (Å²) in [6, 6.07) is 5.43. The molecule has 0 spiro atoms. The fraction of sp³-hybridized carbons (Fsp3) is 0.375. The van der Waals surface area contributed by atoms with Crippen LogP contribution in [0.4, 0.5) is 10.5 Å².